The second-order valence-corrected chi connectivity index (χ2v) is 5.29. The summed E-state index contributed by atoms with van der Waals surface area (Å²) >= 11 is 5.62. The Bertz CT molecular complexity index is 437. The summed E-state index contributed by atoms with van der Waals surface area (Å²) in [6, 6.07) is 4.41. The van der Waals surface area contributed by atoms with Gasteiger partial charge in [-0.2, -0.15) is 0 Å². The molecule has 0 saturated carbocycles. The third kappa shape index (κ3) is 2.46. The van der Waals surface area contributed by atoms with E-state index in [4.69, 9.17) is 22.3 Å². The van der Waals surface area contributed by atoms with Crippen LogP contribution in [0.2, 0.25) is 5.02 Å². The van der Waals surface area contributed by atoms with Crippen molar-refractivity contribution in [1.82, 2.24) is 0 Å². The summed E-state index contributed by atoms with van der Waals surface area (Å²) in [5, 5.41) is 0.324. The van der Waals surface area contributed by atoms with Crippen molar-refractivity contribution in [3.8, 4) is 0 Å². The summed E-state index contributed by atoms with van der Waals surface area (Å²) < 4.78 is 22.0. The van der Waals surface area contributed by atoms with E-state index in [9.17, 15) is 8.42 Å². The molecule has 0 N–H and O–H groups in total. The van der Waals surface area contributed by atoms with Gasteiger partial charge in [-0.25, -0.2) is 8.42 Å². The molecule has 0 unspecified atom stereocenters. The Labute approximate surface area is 86.2 Å². The first kappa shape index (κ1) is 10.6. The maximum Gasteiger partial charge on any atom is 0.261 e. The molecule has 0 heterocycles. The highest BCUT2D eigenvalue weighted by molar-refractivity contribution is 8.13. The maximum atomic E-state index is 11.0. The molecule has 0 aliphatic rings. The summed E-state index contributed by atoms with van der Waals surface area (Å²) in [4.78, 5) is -0.0170. The van der Waals surface area contributed by atoms with Gasteiger partial charge in [0.1, 0.15) is 0 Å². The lowest BCUT2D eigenvalue weighted by atomic mass is 10.2. The molecule has 0 spiro atoms. The molecule has 0 aliphatic carbocycles. The van der Waals surface area contributed by atoms with Gasteiger partial charge in [0.25, 0.3) is 9.05 Å². The van der Waals surface area contributed by atoms with Crippen molar-refractivity contribution in [2.24, 2.45) is 0 Å². The van der Waals surface area contributed by atoms with E-state index >= 15 is 0 Å². The molecular formula is C8H6Cl2O2S. The smallest absolute Gasteiger partial charge is 0.207 e. The minimum Gasteiger partial charge on any atom is -0.207 e. The Morgan fingerprint density at radius 1 is 1.38 bits per heavy atom. The van der Waals surface area contributed by atoms with Crippen LogP contribution >= 0.6 is 22.3 Å². The minimum atomic E-state index is -3.75. The van der Waals surface area contributed by atoms with Gasteiger partial charge in [0, 0.05) is 15.7 Å². The van der Waals surface area contributed by atoms with E-state index in [0.29, 0.717) is 10.6 Å². The summed E-state index contributed by atoms with van der Waals surface area (Å²) in [5.41, 5.74) is 0.444. The molecule has 13 heavy (non-hydrogen) atoms. The highest BCUT2D eigenvalue weighted by Gasteiger charge is 2.13. The summed E-state index contributed by atoms with van der Waals surface area (Å²) in [7, 11) is 1.43. The lowest BCUT2D eigenvalue weighted by Gasteiger charge is -2.01. The molecule has 1 aromatic carbocycles. The van der Waals surface area contributed by atoms with Gasteiger partial charge in [-0.05, 0) is 17.7 Å². The fraction of sp³-hybridized carbons (Fsp3) is 0. The molecule has 0 atom stereocenters. The van der Waals surface area contributed by atoms with Crippen molar-refractivity contribution in [3.63, 3.8) is 0 Å². The van der Waals surface area contributed by atoms with Crippen LogP contribution in [-0.2, 0) is 9.05 Å². The number of benzene rings is 1. The van der Waals surface area contributed by atoms with Crippen molar-refractivity contribution in [2.75, 3.05) is 0 Å². The van der Waals surface area contributed by atoms with Gasteiger partial charge in [-0.1, -0.05) is 30.3 Å². The SMILES string of the molecule is C=Cc1ccc(Cl)cc1S(=O)(=O)Cl. The molecule has 0 fully saturated rings. The van der Waals surface area contributed by atoms with E-state index in [1.807, 2.05) is 0 Å². The first-order valence-corrected chi connectivity index (χ1v) is 6.00. The first-order chi connectivity index (χ1) is 5.95. The monoisotopic (exact) mass is 236 g/mol. The topological polar surface area (TPSA) is 34.1 Å². The van der Waals surface area contributed by atoms with E-state index in [-0.39, 0.29) is 4.90 Å². The normalized spacial score (nSPS) is 11.2. The molecule has 0 aromatic heterocycles. The highest BCUT2D eigenvalue weighted by Crippen LogP contribution is 2.24. The van der Waals surface area contributed by atoms with Crippen LogP contribution < -0.4 is 0 Å². The molecule has 0 bridgehead atoms. The fourth-order valence-electron chi connectivity index (χ4n) is 0.888. The van der Waals surface area contributed by atoms with E-state index < -0.39 is 9.05 Å². The van der Waals surface area contributed by atoms with Gasteiger partial charge >= 0.3 is 0 Å². The average Bonchev–Trinajstić information content (AvgIpc) is 2.03. The Morgan fingerprint density at radius 2 is 2.00 bits per heavy atom. The van der Waals surface area contributed by atoms with Crippen LogP contribution in [0.15, 0.2) is 29.7 Å². The highest BCUT2D eigenvalue weighted by atomic mass is 35.7. The molecule has 1 rings (SSSR count). The van der Waals surface area contributed by atoms with Crippen molar-refractivity contribution in [2.45, 2.75) is 4.90 Å². The largest absolute Gasteiger partial charge is 0.261 e. The lowest BCUT2D eigenvalue weighted by Crippen LogP contribution is -1.93. The second-order valence-electron chi connectivity index (χ2n) is 2.32. The van der Waals surface area contributed by atoms with Gasteiger partial charge in [-0.3, -0.25) is 0 Å². The van der Waals surface area contributed by atoms with Gasteiger partial charge < -0.3 is 0 Å². The van der Waals surface area contributed by atoms with Gasteiger partial charge in [-0.15, -0.1) is 0 Å². The van der Waals surface area contributed by atoms with E-state index in [1.165, 1.54) is 12.1 Å². The van der Waals surface area contributed by atoms with Crippen molar-refractivity contribution < 1.29 is 8.42 Å². The molecule has 70 valence electrons. The summed E-state index contributed by atoms with van der Waals surface area (Å²) in [6.07, 6.45) is 1.41. The standard InChI is InChI=1S/C8H6Cl2O2S/c1-2-6-3-4-7(9)5-8(6)13(10,11)12/h2-5H,1H2. The predicted octanol–water partition coefficient (Wildman–Crippen LogP) is 2.91. The fourth-order valence-corrected chi connectivity index (χ4v) is 2.23. The molecule has 0 saturated heterocycles. The molecule has 0 amide bonds. The van der Waals surface area contributed by atoms with E-state index in [1.54, 1.807) is 12.1 Å². The van der Waals surface area contributed by atoms with Crippen LogP contribution in [0.5, 0.6) is 0 Å². The Kier molecular flexibility index (Phi) is 3.01. The lowest BCUT2D eigenvalue weighted by molar-refractivity contribution is 0.609. The molecule has 0 aliphatic heterocycles. The number of hydrogen-bond acceptors (Lipinski definition) is 2. The van der Waals surface area contributed by atoms with Crippen LogP contribution in [0.3, 0.4) is 0 Å². The predicted molar refractivity (Wildman–Crippen MR) is 54.6 cm³/mol. The molecule has 1 aromatic rings. The van der Waals surface area contributed by atoms with Gasteiger partial charge in [0.15, 0.2) is 0 Å². The second kappa shape index (κ2) is 3.70. The quantitative estimate of drug-likeness (QED) is 0.741. The molecule has 0 radical (unpaired) electrons. The van der Waals surface area contributed by atoms with Crippen molar-refractivity contribution in [3.05, 3.63) is 35.4 Å². The average molecular weight is 237 g/mol. The first-order valence-electron chi connectivity index (χ1n) is 3.32. The van der Waals surface area contributed by atoms with Crippen molar-refractivity contribution >= 4 is 37.4 Å². The van der Waals surface area contributed by atoms with E-state index in [2.05, 4.69) is 6.58 Å². The van der Waals surface area contributed by atoms with Crippen molar-refractivity contribution in [1.29, 1.82) is 0 Å². The minimum absolute atomic E-state index is 0.0170. The number of halogens is 2. The zero-order chi connectivity index (χ0) is 10.1. The van der Waals surface area contributed by atoms with Crippen LogP contribution in [0.1, 0.15) is 5.56 Å². The van der Waals surface area contributed by atoms with Crippen LogP contribution in [0.4, 0.5) is 0 Å². The third-order valence-electron chi connectivity index (χ3n) is 1.46. The summed E-state index contributed by atoms with van der Waals surface area (Å²) in [5.74, 6) is 0. The maximum absolute atomic E-state index is 11.0. The molecule has 2 nitrogen and oxygen atoms in total. The Balaban J connectivity index is 3.50. The van der Waals surface area contributed by atoms with Gasteiger partial charge in [0.2, 0.25) is 0 Å². The summed E-state index contributed by atoms with van der Waals surface area (Å²) in [6.45, 7) is 3.47. The molecular weight excluding hydrogens is 231 g/mol. The van der Waals surface area contributed by atoms with Gasteiger partial charge in [0.05, 0.1) is 4.90 Å². The van der Waals surface area contributed by atoms with Crippen LogP contribution in [0, 0.1) is 0 Å². The number of rotatable bonds is 2. The Morgan fingerprint density at radius 3 is 2.46 bits per heavy atom. The van der Waals surface area contributed by atoms with E-state index in [0.717, 1.165) is 0 Å². The molecule has 5 heteroatoms. The third-order valence-corrected chi connectivity index (χ3v) is 3.07. The zero-order valence-electron chi connectivity index (χ0n) is 6.50. The van der Waals surface area contributed by atoms with Crippen LogP contribution in [0.25, 0.3) is 6.08 Å². The van der Waals surface area contributed by atoms with Crippen LogP contribution in [-0.4, -0.2) is 8.42 Å². The Hall–Kier alpha value is -0.510. The zero-order valence-corrected chi connectivity index (χ0v) is 8.83. The number of hydrogen-bond donors (Lipinski definition) is 0.